The maximum atomic E-state index is 11.6. The molecule has 0 spiro atoms. The first-order valence-corrected chi connectivity index (χ1v) is 6.56. The summed E-state index contributed by atoms with van der Waals surface area (Å²) in [6.07, 6.45) is 5.08. The first-order valence-electron chi connectivity index (χ1n) is 6.56. The summed E-state index contributed by atoms with van der Waals surface area (Å²) in [7, 11) is 0. The lowest BCUT2D eigenvalue weighted by atomic mass is 10.1. The lowest BCUT2D eigenvalue weighted by Crippen LogP contribution is -2.04. The van der Waals surface area contributed by atoms with E-state index in [1.807, 2.05) is 24.4 Å². The summed E-state index contributed by atoms with van der Waals surface area (Å²) in [5, 5.41) is 0. The topological polar surface area (TPSA) is 44.1 Å². The van der Waals surface area contributed by atoms with Gasteiger partial charge < -0.3 is 9.30 Å². The molecule has 2 aromatic rings. The average Bonchev–Trinajstić information content (AvgIpc) is 3.03. The number of hydrogen-bond donors (Lipinski definition) is 0. The van der Waals surface area contributed by atoms with E-state index in [2.05, 4.69) is 16.5 Å². The molecule has 4 heteroatoms. The van der Waals surface area contributed by atoms with Gasteiger partial charge >= 0.3 is 0 Å². The van der Waals surface area contributed by atoms with Gasteiger partial charge in [-0.25, -0.2) is 4.98 Å². The zero-order valence-electron chi connectivity index (χ0n) is 10.9. The maximum Gasteiger partial charge on any atom is 0.163 e. The molecular formula is C15H16N2O2. The Balaban J connectivity index is 1.73. The quantitative estimate of drug-likeness (QED) is 0.844. The molecule has 0 amide bonds. The van der Waals surface area contributed by atoms with Crippen LogP contribution in [-0.4, -0.2) is 15.3 Å². The molecule has 98 valence electrons. The Hall–Kier alpha value is -2.10. The Bertz CT molecular complexity index is 616. The fourth-order valence-electron chi connectivity index (χ4n) is 2.43. The number of rotatable bonds is 4. The largest absolute Gasteiger partial charge is 0.487 e. The fraction of sp³-hybridized carbons (Fsp3) is 0.333. The van der Waals surface area contributed by atoms with Crippen LogP contribution >= 0.6 is 0 Å². The van der Waals surface area contributed by atoms with Crippen LogP contribution in [-0.2, 0) is 19.6 Å². The highest BCUT2D eigenvalue weighted by Crippen LogP contribution is 2.26. The molecule has 0 saturated carbocycles. The number of hydrogen-bond acceptors (Lipinski definition) is 3. The molecule has 0 fully saturated rings. The summed E-state index contributed by atoms with van der Waals surface area (Å²) in [5.41, 5.74) is 3.01. The summed E-state index contributed by atoms with van der Waals surface area (Å²) >= 11 is 0. The molecule has 0 radical (unpaired) electrons. The van der Waals surface area contributed by atoms with Gasteiger partial charge in [0.1, 0.15) is 12.4 Å². The third kappa shape index (κ3) is 2.26. The van der Waals surface area contributed by atoms with Crippen molar-refractivity contribution in [1.29, 1.82) is 0 Å². The highest BCUT2D eigenvalue weighted by molar-refractivity contribution is 6.00. The second kappa shape index (κ2) is 4.88. The van der Waals surface area contributed by atoms with Crippen molar-refractivity contribution in [2.45, 2.75) is 32.9 Å². The molecule has 0 aliphatic heterocycles. The van der Waals surface area contributed by atoms with Crippen LogP contribution in [0.2, 0.25) is 0 Å². The summed E-state index contributed by atoms with van der Waals surface area (Å²) in [5.74, 6) is 1.06. The van der Waals surface area contributed by atoms with Crippen LogP contribution in [0.5, 0.6) is 5.75 Å². The molecule has 0 atom stereocenters. The number of Topliss-reactive ketones (excluding diaryl/α,β-unsaturated/α-hetero) is 1. The molecule has 1 aliphatic carbocycles. The molecule has 1 aliphatic rings. The normalized spacial score (nSPS) is 13.6. The predicted molar refractivity (Wildman–Crippen MR) is 71.3 cm³/mol. The number of carbonyl (C=O) groups is 1. The van der Waals surface area contributed by atoms with Gasteiger partial charge in [0.25, 0.3) is 0 Å². The molecule has 4 nitrogen and oxygen atoms in total. The third-order valence-electron chi connectivity index (χ3n) is 3.52. The Labute approximate surface area is 112 Å². The SMILES string of the molecule is CCn1cncc1COc1ccc2c(c1)CCC2=O. The van der Waals surface area contributed by atoms with E-state index in [1.165, 1.54) is 0 Å². The fourth-order valence-corrected chi connectivity index (χ4v) is 2.43. The van der Waals surface area contributed by atoms with Crippen molar-refractivity contribution in [1.82, 2.24) is 9.55 Å². The molecule has 0 bridgehead atoms. The Morgan fingerprint density at radius 1 is 1.37 bits per heavy atom. The van der Waals surface area contributed by atoms with Crippen LogP contribution < -0.4 is 4.74 Å². The molecule has 0 saturated heterocycles. The van der Waals surface area contributed by atoms with E-state index in [9.17, 15) is 4.79 Å². The van der Waals surface area contributed by atoms with Crippen molar-refractivity contribution in [3.05, 3.63) is 47.5 Å². The standard InChI is InChI=1S/C15H16N2O2/c1-2-17-10-16-8-12(17)9-19-13-4-5-14-11(7-13)3-6-15(14)18/h4-5,7-8,10H,2-3,6,9H2,1H3. The monoisotopic (exact) mass is 256 g/mol. The highest BCUT2D eigenvalue weighted by Gasteiger charge is 2.19. The van der Waals surface area contributed by atoms with E-state index in [4.69, 9.17) is 4.74 Å². The number of imidazole rings is 1. The van der Waals surface area contributed by atoms with E-state index in [0.717, 1.165) is 35.5 Å². The van der Waals surface area contributed by atoms with E-state index >= 15 is 0 Å². The smallest absolute Gasteiger partial charge is 0.163 e. The summed E-state index contributed by atoms with van der Waals surface area (Å²) in [6, 6.07) is 5.72. The summed E-state index contributed by atoms with van der Waals surface area (Å²) in [6.45, 7) is 3.46. The summed E-state index contributed by atoms with van der Waals surface area (Å²) in [4.78, 5) is 15.7. The van der Waals surface area contributed by atoms with Gasteiger partial charge in [0.2, 0.25) is 0 Å². The lowest BCUT2D eigenvalue weighted by molar-refractivity contribution is 0.0994. The Morgan fingerprint density at radius 2 is 2.26 bits per heavy atom. The zero-order chi connectivity index (χ0) is 13.2. The van der Waals surface area contributed by atoms with E-state index in [0.29, 0.717) is 13.0 Å². The zero-order valence-corrected chi connectivity index (χ0v) is 10.9. The van der Waals surface area contributed by atoms with Gasteiger partial charge in [0, 0.05) is 18.5 Å². The van der Waals surface area contributed by atoms with E-state index in [1.54, 1.807) is 6.33 Å². The van der Waals surface area contributed by atoms with Crippen molar-refractivity contribution in [3.8, 4) is 5.75 Å². The van der Waals surface area contributed by atoms with E-state index < -0.39 is 0 Å². The predicted octanol–water partition coefficient (Wildman–Crippen LogP) is 2.61. The van der Waals surface area contributed by atoms with Gasteiger partial charge in [-0.05, 0) is 37.1 Å². The van der Waals surface area contributed by atoms with Gasteiger partial charge in [0.05, 0.1) is 18.2 Å². The highest BCUT2D eigenvalue weighted by atomic mass is 16.5. The third-order valence-corrected chi connectivity index (χ3v) is 3.52. The number of ketones is 1. The molecule has 19 heavy (non-hydrogen) atoms. The van der Waals surface area contributed by atoms with Crippen LogP contribution in [0.4, 0.5) is 0 Å². The van der Waals surface area contributed by atoms with Gasteiger partial charge in [0.15, 0.2) is 5.78 Å². The van der Waals surface area contributed by atoms with Crippen LogP contribution in [0, 0.1) is 0 Å². The number of aromatic nitrogens is 2. The van der Waals surface area contributed by atoms with Crippen LogP contribution in [0.1, 0.15) is 35.0 Å². The molecule has 1 aromatic carbocycles. The number of aryl methyl sites for hydroxylation is 2. The van der Waals surface area contributed by atoms with Crippen molar-refractivity contribution in [2.24, 2.45) is 0 Å². The number of nitrogens with zero attached hydrogens (tertiary/aromatic N) is 2. The average molecular weight is 256 g/mol. The van der Waals surface area contributed by atoms with Gasteiger partial charge in [-0.2, -0.15) is 0 Å². The molecule has 1 aromatic heterocycles. The van der Waals surface area contributed by atoms with Crippen molar-refractivity contribution >= 4 is 5.78 Å². The Kier molecular flexibility index (Phi) is 3.07. The van der Waals surface area contributed by atoms with Gasteiger partial charge in [-0.15, -0.1) is 0 Å². The molecular weight excluding hydrogens is 240 g/mol. The minimum Gasteiger partial charge on any atom is -0.487 e. The number of benzene rings is 1. The van der Waals surface area contributed by atoms with Gasteiger partial charge in [-0.1, -0.05) is 0 Å². The van der Waals surface area contributed by atoms with Crippen molar-refractivity contribution in [2.75, 3.05) is 0 Å². The molecule has 1 heterocycles. The molecule has 0 unspecified atom stereocenters. The minimum atomic E-state index is 0.241. The summed E-state index contributed by atoms with van der Waals surface area (Å²) < 4.78 is 7.83. The van der Waals surface area contributed by atoms with Crippen LogP contribution in [0.25, 0.3) is 0 Å². The van der Waals surface area contributed by atoms with Gasteiger partial charge in [-0.3, -0.25) is 4.79 Å². The van der Waals surface area contributed by atoms with E-state index in [-0.39, 0.29) is 5.78 Å². The number of ether oxygens (including phenoxy) is 1. The molecule has 0 N–H and O–H groups in total. The number of carbonyl (C=O) groups excluding carboxylic acids is 1. The molecule has 3 rings (SSSR count). The maximum absolute atomic E-state index is 11.6. The Morgan fingerprint density at radius 3 is 3.11 bits per heavy atom. The van der Waals surface area contributed by atoms with Crippen molar-refractivity contribution < 1.29 is 9.53 Å². The first kappa shape index (κ1) is 12.0. The van der Waals surface area contributed by atoms with Crippen molar-refractivity contribution in [3.63, 3.8) is 0 Å². The van der Waals surface area contributed by atoms with Crippen LogP contribution in [0.3, 0.4) is 0 Å². The lowest BCUT2D eigenvalue weighted by Gasteiger charge is -2.09. The minimum absolute atomic E-state index is 0.241. The number of fused-ring (bicyclic) bond motifs is 1. The van der Waals surface area contributed by atoms with Crippen LogP contribution in [0.15, 0.2) is 30.7 Å². The first-order chi connectivity index (χ1) is 9.28. The second-order valence-corrected chi connectivity index (χ2v) is 4.70. The second-order valence-electron chi connectivity index (χ2n) is 4.70.